The first-order chi connectivity index (χ1) is 11.4. The molecular formula is C18H28ClN3O3. The van der Waals surface area contributed by atoms with Gasteiger partial charge in [0.25, 0.3) is 0 Å². The minimum absolute atomic E-state index is 0. The summed E-state index contributed by atoms with van der Waals surface area (Å²) >= 11 is 0. The van der Waals surface area contributed by atoms with Gasteiger partial charge in [-0.2, -0.15) is 0 Å². The summed E-state index contributed by atoms with van der Waals surface area (Å²) in [5.74, 6) is 0.486. The second kappa shape index (κ2) is 9.63. The number of carbonyl (C=O) groups excluding carboxylic acids is 2. The maximum Gasteiger partial charge on any atom is 0.242 e. The average Bonchev–Trinajstić information content (AvgIpc) is 3.08. The highest BCUT2D eigenvalue weighted by Gasteiger charge is 2.30. The molecule has 0 aromatic heterocycles. The summed E-state index contributed by atoms with van der Waals surface area (Å²) in [6.07, 6.45) is 1.89. The number of nitrogens with zero attached hydrogens (tertiary/aromatic N) is 1. The van der Waals surface area contributed by atoms with E-state index in [2.05, 4.69) is 5.32 Å². The van der Waals surface area contributed by atoms with Crippen molar-refractivity contribution in [2.45, 2.75) is 38.8 Å². The molecule has 1 heterocycles. The number of hydrogen-bond donors (Lipinski definition) is 2. The zero-order valence-corrected chi connectivity index (χ0v) is 15.8. The summed E-state index contributed by atoms with van der Waals surface area (Å²) in [5.41, 5.74) is 6.89. The van der Waals surface area contributed by atoms with Crippen LogP contribution in [-0.4, -0.2) is 43.0 Å². The van der Waals surface area contributed by atoms with Gasteiger partial charge in [-0.1, -0.05) is 26.0 Å². The molecule has 2 atom stereocenters. The largest absolute Gasteiger partial charge is 0.497 e. The summed E-state index contributed by atoms with van der Waals surface area (Å²) in [4.78, 5) is 26.2. The van der Waals surface area contributed by atoms with Crippen LogP contribution in [0, 0.1) is 5.92 Å². The van der Waals surface area contributed by atoms with Crippen molar-refractivity contribution in [3.05, 3.63) is 29.8 Å². The van der Waals surface area contributed by atoms with Gasteiger partial charge in [0.15, 0.2) is 0 Å². The molecule has 0 spiro atoms. The zero-order chi connectivity index (χ0) is 17.7. The van der Waals surface area contributed by atoms with Crippen molar-refractivity contribution >= 4 is 24.2 Å². The van der Waals surface area contributed by atoms with Crippen LogP contribution in [0.3, 0.4) is 0 Å². The summed E-state index contributed by atoms with van der Waals surface area (Å²) in [5, 5.41) is 2.66. The van der Waals surface area contributed by atoms with Gasteiger partial charge in [0.05, 0.1) is 25.7 Å². The van der Waals surface area contributed by atoms with Crippen molar-refractivity contribution in [1.82, 2.24) is 10.2 Å². The number of hydrogen-bond acceptors (Lipinski definition) is 4. The van der Waals surface area contributed by atoms with E-state index in [1.165, 1.54) is 0 Å². The summed E-state index contributed by atoms with van der Waals surface area (Å²) in [6, 6.07) is 7.25. The van der Waals surface area contributed by atoms with Crippen LogP contribution in [-0.2, 0) is 9.59 Å². The zero-order valence-electron chi connectivity index (χ0n) is 15.0. The van der Waals surface area contributed by atoms with Gasteiger partial charge >= 0.3 is 0 Å². The monoisotopic (exact) mass is 369 g/mol. The van der Waals surface area contributed by atoms with Crippen molar-refractivity contribution in [2.24, 2.45) is 11.7 Å². The fraction of sp³-hybridized carbons (Fsp3) is 0.556. The van der Waals surface area contributed by atoms with Crippen LogP contribution in [0.1, 0.15) is 38.3 Å². The first kappa shape index (κ1) is 21.3. The quantitative estimate of drug-likeness (QED) is 0.801. The Labute approximate surface area is 155 Å². The Morgan fingerprint density at radius 3 is 2.52 bits per heavy atom. The molecular weight excluding hydrogens is 342 g/mol. The molecule has 1 aromatic rings. The minimum atomic E-state index is -0.589. The van der Waals surface area contributed by atoms with Gasteiger partial charge in [0, 0.05) is 6.54 Å². The molecule has 1 aliphatic rings. The number of amides is 2. The van der Waals surface area contributed by atoms with Crippen LogP contribution >= 0.6 is 12.4 Å². The van der Waals surface area contributed by atoms with E-state index in [0.717, 1.165) is 24.2 Å². The number of nitrogens with one attached hydrogen (secondary N) is 1. The Morgan fingerprint density at radius 1 is 1.32 bits per heavy atom. The Hall–Kier alpha value is -1.79. The van der Waals surface area contributed by atoms with Gasteiger partial charge in [-0.3, -0.25) is 9.59 Å². The third kappa shape index (κ3) is 5.34. The number of methoxy groups -OCH3 is 1. The molecule has 6 nitrogen and oxygen atoms in total. The predicted molar refractivity (Wildman–Crippen MR) is 99.8 cm³/mol. The molecule has 0 bridgehead atoms. The lowest BCUT2D eigenvalue weighted by atomic mass is 10.0. The molecule has 0 aliphatic carbocycles. The second-order valence-corrected chi connectivity index (χ2v) is 6.51. The molecule has 140 valence electrons. The Morgan fingerprint density at radius 2 is 1.96 bits per heavy atom. The molecule has 1 saturated heterocycles. The SMILES string of the molecule is COc1ccc(C2CCCN2C(=O)CNC(=O)[C@@H](N)C(C)C)cc1.Cl. The second-order valence-electron chi connectivity index (χ2n) is 6.51. The highest BCUT2D eigenvalue weighted by Crippen LogP contribution is 2.32. The lowest BCUT2D eigenvalue weighted by Gasteiger charge is -2.26. The van der Waals surface area contributed by atoms with E-state index in [1.807, 2.05) is 43.0 Å². The van der Waals surface area contributed by atoms with Crippen LogP contribution in [0.15, 0.2) is 24.3 Å². The highest BCUT2D eigenvalue weighted by molar-refractivity contribution is 5.87. The van der Waals surface area contributed by atoms with Gasteiger partial charge in [0.1, 0.15) is 5.75 Å². The number of halogens is 1. The van der Waals surface area contributed by atoms with E-state index in [1.54, 1.807) is 7.11 Å². The van der Waals surface area contributed by atoms with E-state index in [4.69, 9.17) is 10.5 Å². The maximum absolute atomic E-state index is 12.5. The van der Waals surface area contributed by atoms with Crippen LogP contribution in [0.4, 0.5) is 0 Å². The molecule has 2 amide bonds. The van der Waals surface area contributed by atoms with Gasteiger partial charge in [-0.15, -0.1) is 12.4 Å². The third-order valence-electron chi connectivity index (χ3n) is 4.51. The molecule has 7 heteroatoms. The van der Waals surface area contributed by atoms with Gasteiger partial charge in [0.2, 0.25) is 11.8 Å². The van der Waals surface area contributed by atoms with E-state index in [9.17, 15) is 9.59 Å². The van der Waals surface area contributed by atoms with E-state index < -0.39 is 6.04 Å². The van der Waals surface area contributed by atoms with Crippen molar-refractivity contribution in [3.63, 3.8) is 0 Å². The van der Waals surface area contributed by atoms with E-state index in [0.29, 0.717) is 6.54 Å². The van der Waals surface area contributed by atoms with Gasteiger partial charge in [-0.05, 0) is 36.5 Å². The molecule has 0 saturated carbocycles. The minimum Gasteiger partial charge on any atom is -0.497 e. The molecule has 25 heavy (non-hydrogen) atoms. The van der Waals surface area contributed by atoms with Gasteiger partial charge in [-0.25, -0.2) is 0 Å². The summed E-state index contributed by atoms with van der Waals surface area (Å²) in [6.45, 7) is 4.46. The van der Waals surface area contributed by atoms with Crippen LogP contribution < -0.4 is 15.8 Å². The molecule has 1 unspecified atom stereocenters. The molecule has 0 radical (unpaired) electrons. The van der Waals surface area contributed by atoms with Crippen molar-refractivity contribution in [3.8, 4) is 5.75 Å². The Kier molecular flexibility index (Phi) is 8.19. The molecule has 1 aliphatic heterocycles. The Bertz CT molecular complexity index is 577. The maximum atomic E-state index is 12.5. The first-order valence-corrected chi connectivity index (χ1v) is 8.40. The van der Waals surface area contributed by atoms with E-state index >= 15 is 0 Å². The smallest absolute Gasteiger partial charge is 0.242 e. The molecule has 3 N–H and O–H groups in total. The van der Waals surface area contributed by atoms with Crippen LogP contribution in [0.5, 0.6) is 5.75 Å². The number of likely N-dealkylation sites (tertiary alicyclic amines) is 1. The number of ether oxygens (including phenoxy) is 1. The first-order valence-electron chi connectivity index (χ1n) is 8.40. The van der Waals surface area contributed by atoms with Crippen molar-refractivity contribution in [1.29, 1.82) is 0 Å². The summed E-state index contributed by atoms with van der Waals surface area (Å²) < 4.78 is 5.17. The topological polar surface area (TPSA) is 84.7 Å². The standard InChI is InChI=1S/C18H27N3O3.ClH/c1-12(2)17(19)18(23)20-11-16(22)21-10-4-5-15(21)13-6-8-14(24-3)9-7-13;/h6-9,12,15,17H,4-5,10-11,19H2,1-3H3,(H,20,23);1H/t15?,17-;/m0./s1. The lowest BCUT2D eigenvalue weighted by molar-refractivity contribution is -0.134. The van der Waals surface area contributed by atoms with Crippen LogP contribution in [0.25, 0.3) is 0 Å². The number of benzene rings is 1. The van der Waals surface area contributed by atoms with Crippen LogP contribution in [0.2, 0.25) is 0 Å². The lowest BCUT2D eigenvalue weighted by Crippen LogP contribution is -2.47. The van der Waals surface area contributed by atoms with E-state index in [-0.39, 0.29) is 42.7 Å². The number of carbonyl (C=O) groups is 2. The highest BCUT2D eigenvalue weighted by atomic mass is 35.5. The number of rotatable bonds is 6. The third-order valence-corrected chi connectivity index (χ3v) is 4.51. The molecule has 1 fully saturated rings. The average molecular weight is 370 g/mol. The summed E-state index contributed by atoms with van der Waals surface area (Å²) in [7, 11) is 1.63. The van der Waals surface area contributed by atoms with Gasteiger partial charge < -0.3 is 20.7 Å². The van der Waals surface area contributed by atoms with Crippen molar-refractivity contribution < 1.29 is 14.3 Å². The Balaban J connectivity index is 0.00000312. The number of nitrogens with two attached hydrogens (primary N) is 1. The predicted octanol–water partition coefficient (Wildman–Crippen LogP) is 1.88. The fourth-order valence-corrected chi connectivity index (χ4v) is 2.92. The fourth-order valence-electron chi connectivity index (χ4n) is 2.92. The normalized spacial score (nSPS) is 17.8. The molecule has 1 aromatic carbocycles. The molecule has 2 rings (SSSR count). The van der Waals surface area contributed by atoms with Crippen molar-refractivity contribution in [2.75, 3.05) is 20.2 Å².